The van der Waals surface area contributed by atoms with Gasteiger partial charge in [0, 0.05) is 18.5 Å². The highest BCUT2D eigenvalue weighted by molar-refractivity contribution is 5.90. The number of nitrogens with zero attached hydrogens (tertiary/aromatic N) is 1. The molecule has 0 aromatic heterocycles. The van der Waals surface area contributed by atoms with Crippen LogP contribution >= 0.6 is 0 Å². The standard InChI is InChI=1S/C17H26N2O2/c1-2-14-16(21)19(4-3-15(20)18-14)17-8-11-5-12(9-17)7-13(6-11)10-17/h11-14H,2-10H2,1H3,(H,18,20). The SMILES string of the molecule is CCC1NC(=O)CCN(C23CC4CC(CC(C4)C2)C3)C1=O. The van der Waals surface area contributed by atoms with E-state index in [9.17, 15) is 9.59 Å². The lowest BCUT2D eigenvalue weighted by Gasteiger charge is -2.60. The number of hydrogen-bond donors (Lipinski definition) is 1. The summed E-state index contributed by atoms with van der Waals surface area (Å²) in [5.41, 5.74) is 0.0888. The maximum absolute atomic E-state index is 12.9. The van der Waals surface area contributed by atoms with E-state index in [2.05, 4.69) is 10.2 Å². The number of nitrogens with one attached hydrogen (secondary N) is 1. The molecule has 4 bridgehead atoms. The van der Waals surface area contributed by atoms with E-state index in [0.29, 0.717) is 19.4 Å². The van der Waals surface area contributed by atoms with Crippen molar-refractivity contribution in [3.05, 3.63) is 0 Å². The summed E-state index contributed by atoms with van der Waals surface area (Å²) < 4.78 is 0. The predicted molar refractivity (Wildman–Crippen MR) is 79.5 cm³/mol. The fraction of sp³-hybridized carbons (Fsp3) is 0.882. The first-order valence-electron chi connectivity index (χ1n) is 8.70. The van der Waals surface area contributed by atoms with Crippen LogP contribution in [-0.2, 0) is 9.59 Å². The van der Waals surface area contributed by atoms with Crippen LogP contribution in [0, 0.1) is 17.8 Å². The largest absolute Gasteiger partial charge is 0.344 e. The Balaban J connectivity index is 1.65. The van der Waals surface area contributed by atoms with Gasteiger partial charge in [-0.15, -0.1) is 0 Å². The Hall–Kier alpha value is -1.06. The molecular formula is C17H26N2O2. The summed E-state index contributed by atoms with van der Waals surface area (Å²) in [5, 5.41) is 2.91. The maximum Gasteiger partial charge on any atom is 0.245 e. The lowest BCUT2D eigenvalue weighted by Crippen LogP contribution is -2.63. The Bertz CT molecular complexity index is 438. The van der Waals surface area contributed by atoms with Crippen molar-refractivity contribution in [2.45, 2.75) is 69.9 Å². The molecule has 4 saturated carbocycles. The smallest absolute Gasteiger partial charge is 0.245 e. The van der Waals surface area contributed by atoms with Crippen LogP contribution in [0.3, 0.4) is 0 Å². The van der Waals surface area contributed by atoms with Gasteiger partial charge in [0.15, 0.2) is 0 Å². The van der Waals surface area contributed by atoms with Gasteiger partial charge < -0.3 is 10.2 Å². The molecule has 5 rings (SSSR count). The zero-order chi connectivity index (χ0) is 14.6. The summed E-state index contributed by atoms with van der Waals surface area (Å²) in [7, 11) is 0. The van der Waals surface area contributed by atoms with Crippen molar-refractivity contribution < 1.29 is 9.59 Å². The molecule has 5 fully saturated rings. The van der Waals surface area contributed by atoms with Gasteiger partial charge in [0.1, 0.15) is 6.04 Å². The molecule has 1 aliphatic heterocycles. The summed E-state index contributed by atoms with van der Waals surface area (Å²) in [4.78, 5) is 27.0. The maximum atomic E-state index is 12.9. The van der Waals surface area contributed by atoms with E-state index in [1.54, 1.807) is 0 Å². The summed E-state index contributed by atoms with van der Waals surface area (Å²) in [6.45, 7) is 2.62. The Morgan fingerprint density at radius 3 is 2.19 bits per heavy atom. The highest BCUT2D eigenvalue weighted by Gasteiger charge is 2.55. The van der Waals surface area contributed by atoms with Crippen molar-refractivity contribution in [1.82, 2.24) is 10.2 Å². The van der Waals surface area contributed by atoms with Gasteiger partial charge in [0.25, 0.3) is 0 Å². The van der Waals surface area contributed by atoms with E-state index in [1.165, 1.54) is 38.5 Å². The first-order chi connectivity index (χ1) is 10.1. The molecule has 0 radical (unpaired) electrons. The van der Waals surface area contributed by atoms with Crippen molar-refractivity contribution in [3.8, 4) is 0 Å². The van der Waals surface area contributed by atoms with Crippen LogP contribution in [0.4, 0.5) is 0 Å². The zero-order valence-corrected chi connectivity index (χ0v) is 12.9. The predicted octanol–water partition coefficient (Wildman–Crippen LogP) is 2.08. The molecule has 116 valence electrons. The van der Waals surface area contributed by atoms with Crippen molar-refractivity contribution in [2.24, 2.45) is 17.8 Å². The molecule has 1 unspecified atom stereocenters. The molecular weight excluding hydrogens is 264 g/mol. The van der Waals surface area contributed by atoms with Crippen LogP contribution in [0.5, 0.6) is 0 Å². The van der Waals surface area contributed by atoms with E-state index >= 15 is 0 Å². The van der Waals surface area contributed by atoms with E-state index in [1.807, 2.05) is 6.92 Å². The molecule has 5 aliphatic rings. The van der Waals surface area contributed by atoms with Gasteiger partial charge in [0.2, 0.25) is 11.8 Å². The molecule has 0 aromatic rings. The van der Waals surface area contributed by atoms with Crippen LogP contribution in [0.1, 0.15) is 58.3 Å². The second-order valence-electron chi connectivity index (χ2n) is 7.91. The molecule has 4 nitrogen and oxygen atoms in total. The molecule has 0 aromatic carbocycles. The Labute approximate surface area is 126 Å². The summed E-state index contributed by atoms with van der Waals surface area (Å²) in [6.07, 6.45) is 8.90. The number of hydrogen-bond acceptors (Lipinski definition) is 2. The molecule has 4 aliphatic carbocycles. The Kier molecular flexibility index (Phi) is 3.05. The van der Waals surface area contributed by atoms with Crippen molar-refractivity contribution in [1.29, 1.82) is 0 Å². The highest BCUT2D eigenvalue weighted by Crippen LogP contribution is 2.58. The van der Waals surface area contributed by atoms with Gasteiger partial charge in [-0.1, -0.05) is 6.92 Å². The molecule has 0 spiro atoms. The molecule has 2 amide bonds. The van der Waals surface area contributed by atoms with E-state index < -0.39 is 0 Å². The van der Waals surface area contributed by atoms with Gasteiger partial charge in [-0.05, 0) is 62.7 Å². The van der Waals surface area contributed by atoms with Crippen LogP contribution in [0.15, 0.2) is 0 Å². The first kappa shape index (κ1) is 13.6. The van der Waals surface area contributed by atoms with Crippen LogP contribution in [-0.4, -0.2) is 34.8 Å². The van der Waals surface area contributed by atoms with Crippen molar-refractivity contribution in [3.63, 3.8) is 0 Å². The molecule has 1 N–H and O–H groups in total. The average Bonchev–Trinajstić information content (AvgIpc) is 2.56. The normalized spacial score (nSPS) is 45.7. The minimum Gasteiger partial charge on any atom is -0.344 e. The average molecular weight is 290 g/mol. The van der Waals surface area contributed by atoms with E-state index in [-0.39, 0.29) is 23.4 Å². The topological polar surface area (TPSA) is 49.4 Å². The summed E-state index contributed by atoms with van der Waals surface area (Å²) in [6, 6.07) is -0.298. The second kappa shape index (κ2) is 4.72. The molecule has 4 heteroatoms. The summed E-state index contributed by atoms with van der Waals surface area (Å²) >= 11 is 0. The molecule has 1 heterocycles. The van der Waals surface area contributed by atoms with Gasteiger partial charge >= 0.3 is 0 Å². The van der Waals surface area contributed by atoms with Gasteiger partial charge in [-0.25, -0.2) is 0 Å². The van der Waals surface area contributed by atoms with E-state index in [0.717, 1.165) is 17.8 Å². The van der Waals surface area contributed by atoms with Crippen molar-refractivity contribution in [2.75, 3.05) is 6.54 Å². The quantitative estimate of drug-likeness (QED) is 0.846. The number of carbonyl (C=O) groups excluding carboxylic acids is 2. The van der Waals surface area contributed by atoms with Gasteiger partial charge in [-0.3, -0.25) is 9.59 Å². The third-order valence-corrected chi connectivity index (χ3v) is 6.45. The van der Waals surface area contributed by atoms with Crippen LogP contribution in [0.25, 0.3) is 0 Å². The molecule has 1 saturated heterocycles. The lowest BCUT2D eigenvalue weighted by molar-refractivity contribution is -0.151. The first-order valence-corrected chi connectivity index (χ1v) is 8.70. The van der Waals surface area contributed by atoms with Crippen LogP contribution in [0.2, 0.25) is 0 Å². The minimum atomic E-state index is -0.298. The number of carbonyl (C=O) groups is 2. The monoisotopic (exact) mass is 290 g/mol. The fourth-order valence-corrected chi connectivity index (χ4v) is 5.98. The second-order valence-corrected chi connectivity index (χ2v) is 7.91. The zero-order valence-electron chi connectivity index (χ0n) is 12.9. The third kappa shape index (κ3) is 2.09. The van der Waals surface area contributed by atoms with Crippen LogP contribution < -0.4 is 5.32 Å². The van der Waals surface area contributed by atoms with Gasteiger partial charge in [0.05, 0.1) is 0 Å². The highest BCUT2D eigenvalue weighted by atomic mass is 16.2. The van der Waals surface area contributed by atoms with Gasteiger partial charge in [-0.2, -0.15) is 0 Å². The lowest BCUT2D eigenvalue weighted by atomic mass is 9.52. The minimum absolute atomic E-state index is 0.0439. The fourth-order valence-electron chi connectivity index (χ4n) is 5.98. The molecule has 21 heavy (non-hydrogen) atoms. The molecule has 1 atom stereocenters. The van der Waals surface area contributed by atoms with Crippen molar-refractivity contribution >= 4 is 11.8 Å². The number of rotatable bonds is 2. The Morgan fingerprint density at radius 1 is 1.10 bits per heavy atom. The number of amides is 2. The van der Waals surface area contributed by atoms with E-state index in [4.69, 9.17) is 0 Å². The Morgan fingerprint density at radius 2 is 1.67 bits per heavy atom. The third-order valence-electron chi connectivity index (χ3n) is 6.45. The summed E-state index contributed by atoms with van der Waals surface area (Å²) in [5.74, 6) is 2.72.